The van der Waals surface area contributed by atoms with Crippen molar-refractivity contribution in [2.45, 2.75) is 46.1 Å². The number of carbonyl (C=O) groups is 2. The molecule has 0 unspecified atom stereocenters. The first-order valence-electron chi connectivity index (χ1n) is 8.67. The number of hydrogen-bond donors (Lipinski definition) is 2. The van der Waals surface area contributed by atoms with Crippen LogP contribution in [-0.2, 0) is 17.8 Å². The Kier molecular flexibility index (Phi) is 7.59. The lowest BCUT2D eigenvalue weighted by Crippen LogP contribution is -2.24. The van der Waals surface area contributed by atoms with Crippen LogP contribution in [0, 0.1) is 6.92 Å². The van der Waals surface area contributed by atoms with Gasteiger partial charge in [0.15, 0.2) is 0 Å². The van der Waals surface area contributed by atoms with Gasteiger partial charge in [0.05, 0.1) is 18.7 Å². The molecule has 0 spiro atoms. The fourth-order valence-corrected chi connectivity index (χ4v) is 3.27. The number of aromatic carboxylic acids is 1. The summed E-state index contributed by atoms with van der Waals surface area (Å²) in [6, 6.07) is 7.64. The summed E-state index contributed by atoms with van der Waals surface area (Å²) in [5, 5.41) is 12.4. The summed E-state index contributed by atoms with van der Waals surface area (Å²) >= 11 is 1.04. The van der Waals surface area contributed by atoms with Crippen LogP contribution in [0.2, 0.25) is 0 Å². The molecule has 2 rings (SSSR count). The van der Waals surface area contributed by atoms with Gasteiger partial charge in [-0.05, 0) is 31.0 Å². The summed E-state index contributed by atoms with van der Waals surface area (Å²) in [7, 11) is 0. The molecule has 0 saturated heterocycles. The van der Waals surface area contributed by atoms with E-state index >= 15 is 0 Å². The quantitative estimate of drug-likeness (QED) is 0.619. The number of nitrogens with zero attached hydrogens (tertiary/aromatic N) is 1. The second-order valence-corrected chi connectivity index (χ2v) is 7.06. The number of aromatic nitrogens is 1. The zero-order valence-electron chi connectivity index (χ0n) is 15.1. The first-order chi connectivity index (χ1) is 12.5. The minimum Gasteiger partial charge on any atom is -0.494 e. The van der Waals surface area contributed by atoms with Gasteiger partial charge in [-0.15, -0.1) is 11.3 Å². The minimum absolute atomic E-state index is 0.0808. The Morgan fingerprint density at radius 2 is 1.96 bits per heavy atom. The predicted octanol–water partition coefficient (Wildman–Crippen LogP) is 3.58. The summed E-state index contributed by atoms with van der Waals surface area (Å²) < 4.78 is 5.66. The fraction of sp³-hybridized carbons (Fsp3) is 0.421. The van der Waals surface area contributed by atoms with Gasteiger partial charge >= 0.3 is 5.97 Å². The lowest BCUT2D eigenvalue weighted by atomic mass is 10.2. The number of unbranched alkanes of at least 4 members (excludes halogenated alkanes) is 2. The van der Waals surface area contributed by atoms with E-state index in [1.165, 1.54) is 6.42 Å². The zero-order valence-corrected chi connectivity index (χ0v) is 15.9. The van der Waals surface area contributed by atoms with E-state index in [2.05, 4.69) is 17.2 Å². The SMILES string of the molecule is CCCCCOc1ccc(CNC(=O)Cc2nc(C)c(C(=O)O)s2)cc1. The van der Waals surface area contributed by atoms with Crippen molar-refractivity contribution in [3.63, 3.8) is 0 Å². The third-order valence-electron chi connectivity index (χ3n) is 3.78. The van der Waals surface area contributed by atoms with Crippen LogP contribution in [0.3, 0.4) is 0 Å². The van der Waals surface area contributed by atoms with Gasteiger partial charge in [-0.1, -0.05) is 31.9 Å². The molecule has 1 aromatic carbocycles. The van der Waals surface area contributed by atoms with Crippen LogP contribution in [0.25, 0.3) is 0 Å². The third-order valence-corrected chi connectivity index (χ3v) is 4.92. The maximum Gasteiger partial charge on any atom is 0.347 e. The van der Waals surface area contributed by atoms with Gasteiger partial charge in [-0.25, -0.2) is 9.78 Å². The minimum atomic E-state index is -1.01. The molecule has 0 fully saturated rings. The zero-order chi connectivity index (χ0) is 18.9. The van der Waals surface area contributed by atoms with E-state index in [9.17, 15) is 9.59 Å². The van der Waals surface area contributed by atoms with Crippen molar-refractivity contribution < 1.29 is 19.4 Å². The Morgan fingerprint density at radius 1 is 1.23 bits per heavy atom. The number of benzene rings is 1. The van der Waals surface area contributed by atoms with Crippen LogP contribution in [0.1, 0.15) is 52.1 Å². The number of thiazole rings is 1. The molecule has 2 aromatic rings. The molecule has 2 N–H and O–H groups in total. The molecule has 1 heterocycles. The smallest absolute Gasteiger partial charge is 0.347 e. The highest BCUT2D eigenvalue weighted by Crippen LogP contribution is 2.18. The monoisotopic (exact) mass is 376 g/mol. The predicted molar refractivity (Wildman–Crippen MR) is 101 cm³/mol. The molecule has 0 radical (unpaired) electrons. The molecule has 0 atom stereocenters. The van der Waals surface area contributed by atoms with Crippen molar-refractivity contribution in [2.75, 3.05) is 6.61 Å². The van der Waals surface area contributed by atoms with Crippen molar-refractivity contribution in [2.24, 2.45) is 0 Å². The van der Waals surface area contributed by atoms with Gasteiger partial charge in [-0.3, -0.25) is 4.79 Å². The molecule has 0 bridgehead atoms. The summed E-state index contributed by atoms with van der Waals surface area (Å²) in [5.41, 5.74) is 1.42. The van der Waals surface area contributed by atoms with Gasteiger partial charge in [-0.2, -0.15) is 0 Å². The van der Waals surface area contributed by atoms with Crippen LogP contribution in [0.4, 0.5) is 0 Å². The van der Waals surface area contributed by atoms with E-state index < -0.39 is 5.97 Å². The highest BCUT2D eigenvalue weighted by atomic mass is 32.1. The van der Waals surface area contributed by atoms with Gasteiger partial charge in [0.2, 0.25) is 5.91 Å². The number of amides is 1. The average molecular weight is 376 g/mol. The van der Waals surface area contributed by atoms with Crippen molar-refractivity contribution >= 4 is 23.2 Å². The van der Waals surface area contributed by atoms with E-state index in [1.807, 2.05) is 24.3 Å². The fourth-order valence-electron chi connectivity index (χ4n) is 2.37. The van der Waals surface area contributed by atoms with Crippen molar-refractivity contribution in [1.29, 1.82) is 0 Å². The summed E-state index contributed by atoms with van der Waals surface area (Å²) in [5.74, 6) is -0.366. The maximum absolute atomic E-state index is 12.0. The molecule has 0 aliphatic rings. The first kappa shape index (κ1) is 19.9. The Morgan fingerprint density at radius 3 is 2.58 bits per heavy atom. The number of carboxylic acids is 1. The Labute approximate surface area is 157 Å². The molecule has 6 nitrogen and oxygen atoms in total. The van der Waals surface area contributed by atoms with Crippen molar-refractivity contribution in [1.82, 2.24) is 10.3 Å². The van der Waals surface area contributed by atoms with Crippen LogP contribution in [-0.4, -0.2) is 28.6 Å². The second kappa shape index (κ2) is 9.91. The number of carboxylic acid groups (broad SMARTS) is 1. The Bertz CT molecular complexity index is 740. The van der Waals surface area contributed by atoms with Gasteiger partial charge in [0.1, 0.15) is 15.6 Å². The van der Waals surface area contributed by atoms with Crippen molar-refractivity contribution in [3.05, 3.63) is 45.4 Å². The Balaban J connectivity index is 1.78. The van der Waals surface area contributed by atoms with E-state index in [4.69, 9.17) is 9.84 Å². The topological polar surface area (TPSA) is 88.5 Å². The molecule has 0 aliphatic carbocycles. The second-order valence-electron chi connectivity index (χ2n) is 5.98. The van der Waals surface area contributed by atoms with Gasteiger partial charge in [0.25, 0.3) is 0 Å². The van der Waals surface area contributed by atoms with E-state index in [0.29, 0.717) is 17.2 Å². The molecule has 0 saturated carbocycles. The molecule has 1 aromatic heterocycles. The largest absolute Gasteiger partial charge is 0.494 e. The molecular weight excluding hydrogens is 352 g/mol. The van der Waals surface area contributed by atoms with Gasteiger partial charge in [0, 0.05) is 6.54 Å². The lowest BCUT2D eigenvalue weighted by Gasteiger charge is -2.08. The van der Waals surface area contributed by atoms with Gasteiger partial charge < -0.3 is 15.2 Å². The number of carbonyl (C=O) groups excluding carboxylic acids is 1. The number of ether oxygens (including phenoxy) is 1. The number of rotatable bonds is 10. The highest BCUT2D eigenvalue weighted by molar-refractivity contribution is 7.13. The van der Waals surface area contributed by atoms with E-state index in [-0.39, 0.29) is 17.2 Å². The van der Waals surface area contributed by atoms with Crippen LogP contribution < -0.4 is 10.1 Å². The maximum atomic E-state index is 12.0. The molecule has 7 heteroatoms. The third kappa shape index (κ3) is 6.15. The van der Waals surface area contributed by atoms with Crippen molar-refractivity contribution in [3.8, 4) is 5.75 Å². The molecular formula is C19H24N2O4S. The van der Waals surface area contributed by atoms with Crippen LogP contribution >= 0.6 is 11.3 Å². The molecule has 26 heavy (non-hydrogen) atoms. The normalized spacial score (nSPS) is 10.5. The summed E-state index contributed by atoms with van der Waals surface area (Å²) in [6.07, 6.45) is 3.46. The summed E-state index contributed by atoms with van der Waals surface area (Å²) in [6.45, 7) is 4.91. The summed E-state index contributed by atoms with van der Waals surface area (Å²) in [4.78, 5) is 27.4. The highest BCUT2D eigenvalue weighted by Gasteiger charge is 2.15. The van der Waals surface area contributed by atoms with E-state index in [0.717, 1.165) is 42.1 Å². The molecule has 0 aliphatic heterocycles. The molecule has 140 valence electrons. The van der Waals surface area contributed by atoms with Crippen LogP contribution in [0.5, 0.6) is 5.75 Å². The standard InChI is InChI=1S/C19H24N2O4S/c1-3-4-5-10-25-15-8-6-14(7-9-15)12-20-16(22)11-17-21-13(2)18(26-17)19(23)24/h6-9H,3-5,10-12H2,1-2H3,(H,20,22)(H,23,24). The molecule has 1 amide bonds. The van der Waals surface area contributed by atoms with Crippen LogP contribution in [0.15, 0.2) is 24.3 Å². The number of hydrogen-bond acceptors (Lipinski definition) is 5. The number of aryl methyl sites for hydroxylation is 1. The van der Waals surface area contributed by atoms with E-state index in [1.54, 1.807) is 6.92 Å². The Hall–Kier alpha value is -2.41. The average Bonchev–Trinajstić information content (AvgIpc) is 2.98. The first-order valence-corrected chi connectivity index (χ1v) is 9.49. The number of nitrogens with one attached hydrogen (secondary N) is 1. The lowest BCUT2D eigenvalue weighted by molar-refractivity contribution is -0.120.